The van der Waals surface area contributed by atoms with Crippen LogP contribution in [-0.2, 0) is 4.79 Å². The van der Waals surface area contributed by atoms with Gasteiger partial charge in [-0.15, -0.1) is 0 Å². The molecule has 2 N–H and O–H groups in total. The highest BCUT2D eigenvalue weighted by Crippen LogP contribution is 2.31. The maximum Gasteiger partial charge on any atom is 0.265 e. The fourth-order valence-corrected chi connectivity index (χ4v) is 2.98. The zero-order valence-corrected chi connectivity index (χ0v) is 14.4. The van der Waals surface area contributed by atoms with Crippen LogP contribution in [0.25, 0.3) is 0 Å². The van der Waals surface area contributed by atoms with Gasteiger partial charge in [0, 0.05) is 10.0 Å². The van der Waals surface area contributed by atoms with Crippen molar-refractivity contribution in [1.29, 1.82) is 0 Å². The second kappa shape index (κ2) is 7.07. The van der Waals surface area contributed by atoms with Crippen LogP contribution in [0.5, 0.6) is 0 Å². The Bertz CT molecular complexity index is 802. The van der Waals surface area contributed by atoms with Crippen molar-refractivity contribution in [3.8, 4) is 0 Å². The van der Waals surface area contributed by atoms with Gasteiger partial charge >= 0.3 is 0 Å². The van der Waals surface area contributed by atoms with E-state index in [0.29, 0.717) is 23.4 Å². The monoisotopic (exact) mass is 387 g/mol. The SMILES string of the molecule is O=C1c2ccccc2C(C=[NH+]CCO)C(=O)N1c1ccc(Br)cc1. The lowest BCUT2D eigenvalue weighted by atomic mass is 9.89. The van der Waals surface area contributed by atoms with Crippen molar-refractivity contribution in [2.75, 3.05) is 18.1 Å². The lowest BCUT2D eigenvalue weighted by molar-refractivity contribution is -0.456. The number of aliphatic hydroxyl groups is 1. The summed E-state index contributed by atoms with van der Waals surface area (Å²) in [6, 6.07) is 14.1. The number of nitrogens with one attached hydrogen (secondary N) is 1. The first-order chi connectivity index (χ1) is 11.6. The zero-order chi connectivity index (χ0) is 17.1. The fourth-order valence-electron chi connectivity index (χ4n) is 2.72. The summed E-state index contributed by atoms with van der Waals surface area (Å²) in [6.45, 7) is 0.312. The van der Waals surface area contributed by atoms with Crippen molar-refractivity contribution in [3.63, 3.8) is 0 Å². The molecule has 0 saturated carbocycles. The van der Waals surface area contributed by atoms with E-state index in [2.05, 4.69) is 20.9 Å². The van der Waals surface area contributed by atoms with E-state index in [-0.39, 0.29) is 18.4 Å². The van der Waals surface area contributed by atoms with Crippen LogP contribution in [0.1, 0.15) is 21.8 Å². The molecule has 0 aliphatic carbocycles. The van der Waals surface area contributed by atoms with E-state index in [4.69, 9.17) is 5.11 Å². The molecule has 0 bridgehead atoms. The van der Waals surface area contributed by atoms with Gasteiger partial charge in [-0.1, -0.05) is 34.1 Å². The van der Waals surface area contributed by atoms with Gasteiger partial charge in [0.15, 0.2) is 12.8 Å². The number of benzene rings is 2. The van der Waals surface area contributed by atoms with Gasteiger partial charge < -0.3 is 5.11 Å². The minimum atomic E-state index is -0.589. The summed E-state index contributed by atoms with van der Waals surface area (Å²) in [5.41, 5.74) is 1.71. The van der Waals surface area contributed by atoms with E-state index in [1.807, 2.05) is 6.07 Å². The number of carbonyl (C=O) groups excluding carboxylic acids is 2. The van der Waals surface area contributed by atoms with Gasteiger partial charge in [-0.05, 0) is 35.9 Å². The van der Waals surface area contributed by atoms with Crippen LogP contribution in [-0.4, -0.2) is 36.3 Å². The van der Waals surface area contributed by atoms with E-state index < -0.39 is 5.92 Å². The number of carbonyl (C=O) groups is 2. The Kier molecular flexibility index (Phi) is 4.87. The molecule has 1 heterocycles. The van der Waals surface area contributed by atoms with Crippen LogP contribution in [0.2, 0.25) is 0 Å². The van der Waals surface area contributed by atoms with E-state index in [1.54, 1.807) is 48.7 Å². The average molecular weight is 388 g/mol. The molecule has 1 unspecified atom stereocenters. The Hall–Kier alpha value is -2.31. The Morgan fingerprint density at radius 3 is 2.54 bits per heavy atom. The lowest BCUT2D eigenvalue weighted by Gasteiger charge is -2.30. The molecule has 5 nitrogen and oxygen atoms in total. The van der Waals surface area contributed by atoms with Crippen molar-refractivity contribution in [2.24, 2.45) is 0 Å². The van der Waals surface area contributed by atoms with Gasteiger partial charge in [0.25, 0.3) is 11.8 Å². The maximum absolute atomic E-state index is 12.9. The van der Waals surface area contributed by atoms with E-state index in [9.17, 15) is 9.59 Å². The third-order valence-electron chi connectivity index (χ3n) is 3.84. The predicted molar refractivity (Wildman–Crippen MR) is 94.1 cm³/mol. The highest BCUT2D eigenvalue weighted by molar-refractivity contribution is 9.10. The van der Waals surface area contributed by atoms with E-state index in [1.165, 1.54) is 4.90 Å². The molecule has 0 radical (unpaired) electrons. The van der Waals surface area contributed by atoms with Crippen LogP contribution in [0.3, 0.4) is 0 Å². The van der Waals surface area contributed by atoms with Crippen LogP contribution >= 0.6 is 15.9 Å². The molecule has 1 aliphatic rings. The van der Waals surface area contributed by atoms with Gasteiger partial charge in [-0.25, -0.2) is 9.89 Å². The highest BCUT2D eigenvalue weighted by atomic mass is 79.9. The highest BCUT2D eigenvalue weighted by Gasteiger charge is 2.40. The second-order valence-electron chi connectivity index (χ2n) is 5.36. The molecular weight excluding hydrogens is 372 g/mol. The van der Waals surface area contributed by atoms with Crippen molar-refractivity contribution in [1.82, 2.24) is 0 Å². The van der Waals surface area contributed by atoms with Crippen LogP contribution in [0.15, 0.2) is 53.0 Å². The van der Waals surface area contributed by atoms with Crippen molar-refractivity contribution in [3.05, 3.63) is 64.1 Å². The molecule has 0 fully saturated rings. The van der Waals surface area contributed by atoms with Gasteiger partial charge in [0.2, 0.25) is 0 Å². The van der Waals surface area contributed by atoms with Gasteiger partial charge in [-0.2, -0.15) is 0 Å². The number of rotatable bonds is 4. The number of hydrogen-bond acceptors (Lipinski definition) is 3. The molecule has 2 amide bonds. The molecule has 2 aromatic rings. The van der Waals surface area contributed by atoms with Gasteiger partial charge in [0.1, 0.15) is 12.5 Å². The Balaban J connectivity index is 2.07. The number of nitrogens with zero attached hydrogens (tertiary/aromatic N) is 1. The molecule has 3 rings (SSSR count). The zero-order valence-electron chi connectivity index (χ0n) is 12.8. The summed E-state index contributed by atoms with van der Waals surface area (Å²) in [7, 11) is 0. The number of amides is 2. The third-order valence-corrected chi connectivity index (χ3v) is 4.37. The number of hydrogen-bond donors (Lipinski definition) is 2. The first-order valence-corrected chi connectivity index (χ1v) is 8.33. The minimum absolute atomic E-state index is 0.0333. The summed E-state index contributed by atoms with van der Waals surface area (Å²) < 4.78 is 0.872. The summed E-state index contributed by atoms with van der Waals surface area (Å²) in [5, 5.41) is 8.92. The molecule has 0 spiro atoms. The summed E-state index contributed by atoms with van der Waals surface area (Å²) in [5.74, 6) is -1.23. The molecule has 122 valence electrons. The van der Waals surface area contributed by atoms with Crippen LogP contribution in [0.4, 0.5) is 5.69 Å². The van der Waals surface area contributed by atoms with Gasteiger partial charge in [-0.3, -0.25) is 9.59 Å². The quantitative estimate of drug-likeness (QED) is 0.603. The van der Waals surface area contributed by atoms with Crippen LogP contribution < -0.4 is 9.89 Å². The molecule has 0 aromatic heterocycles. The molecule has 2 aromatic carbocycles. The van der Waals surface area contributed by atoms with Crippen LogP contribution in [0, 0.1) is 0 Å². The molecule has 1 atom stereocenters. The maximum atomic E-state index is 12.9. The molecule has 1 aliphatic heterocycles. The van der Waals surface area contributed by atoms with Crippen molar-refractivity contribution in [2.45, 2.75) is 5.92 Å². The standard InChI is InChI=1S/C18H15BrN2O3/c19-12-5-7-13(8-6-12)21-17(23)15-4-2-1-3-14(15)16(18(21)24)11-20-9-10-22/h1-8,11,16,22H,9-10H2/p+1. The smallest absolute Gasteiger partial charge is 0.265 e. The first-order valence-electron chi connectivity index (χ1n) is 7.54. The van der Waals surface area contributed by atoms with E-state index >= 15 is 0 Å². The number of anilines is 1. The summed E-state index contributed by atoms with van der Waals surface area (Å²) in [6.07, 6.45) is 1.63. The molecule has 0 saturated heterocycles. The Labute approximate surface area is 147 Å². The van der Waals surface area contributed by atoms with Crippen molar-refractivity contribution >= 4 is 39.6 Å². The minimum Gasteiger partial charge on any atom is -0.390 e. The molecule has 6 heteroatoms. The lowest BCUT2D eigenvalue weighted by Crippen LogP contribution is -2.71. The number of fused-ring (bicyclic) bond motifs is 1. The average Bonchev–Trinajstić information content (AvgIpc) is 2.60. The molecule has 24 heavy (non-hydrogen) atoms. The molecular formula is C18H16BrN2O3+. The largest absolute Gasteiger partial charge is 0.390 e. The summed E-state index contributed by atoms with van der Waals surface area (Å²) >= 11 is 3.35. The van der Waals surface area contributed by atoms with E-state index in [0.717, 1.165) is 4.47 Å². The summed E-state index contributed by atoms with van der Waals surface area (Å²) in [4.78, 5) is 29.9. The number of imide groups is 1. The Morgan fingerprint density at radius 1 is 1.12 bits per heavy atom. The topological polar surface area (TPSA) is 71.6 Å². The predicted octanol–water partition coefficient (Wildman–Crippen LogP) is 0.863. The first kappa shape index (κ1) is 16.5. The number of aliphatic hydroxyl groups excluding tert-OH is 1. The second-order valence-corrected chi connectivity index (χ2v) is 6.28. The third kappa shape index (κ3) is 3.02. The fraction of sp³-hybridized carbons (Fsp3) is 0.167. The van der Waals surface area contributed by atoms with Gasteiger partial charge in [0.05, 0.1) is 5.69 Å². The van der Waals surface area contributed by atoms with Crippen molar-refractivity contribution < 1.29 is 19.7 Å². The number of halogens is 1. The normalized spacial score (nSPS) is 17.4. The Morgan fingerprint density at radius 2 is 1.83 bits per heavy atom.